The lowest BCUT2D eigenvalue weighted by molar-refractivity contribution is -0.180. The maximum Gasteiger partial charge on any atom is 0.302 e. The summed E-state index contributed by atoms with van der Waals surface area (Å²) in [6.45, 7) is 9.25. The highest BCUT2D eigenvalue weighted by molar-refractivity contribution is 5.66. The second-order valence-electron chi connectivity index (χ2n) is 7.17. The van der Waals surface area contributed by atoms with Gasteiger partial charge in [-0.2, -0.15) is 0 Å². The molecule has 3 nitrogen and oxygen atoms in total. The van der Waals surface area contributed by atoms with Crippen molar-refractivity contribution in [3.8, 4) is 0 Å². The fourth-order valence-electron chi connectivity index (χ4n) is 4.44. The van der Waals surface area contributed by atoms with Crippen LogP contribution < -0.4 is 0 Å². The maximum atomic E-state index is 11.3. The topological polar surface area (TPSA) is 35.5 Å². The van der Waals surface area contributed by atoms with Crippen LogP contribution in [-0.2, 0) is 14.3 Å². The average molecular weight is 314 g/mol. The molecule has 0 aromatic heterocycles. The SMILES string of the molecule is CC(=O)OC[C@@]12CO[C@@H](c3ccccc3)[C@@H](C(C)=C[C@@H]1C)[C@@H]2C. The van der Waals surface area contributed by atoms with Crippen molar-refractivity contribution in [2.24, 2.45) is 23.2 Å². The molecule has 0 N–H and O–H groups in total. The predicted molar refractivity (Wildman–Crippen MR) is 89.8 cm³/mol. The van der Waals surface area contributed by atoms with Crippen molar-refractivity contribution in [3.05, 3.63) is 47.5 Å². The van der Waals surface area contributed by atoms with E-state index >= 15 is 0 Å². The van der Waals surface area contributed by atoms with Gasteiger partial charge in [-0.1, -0.05) is 55.8 Å². The Morgan fingerprint density at radius 2 is 2.00 bits per heavy atom. The molecule has 2 aliphatic rings. The third-order valence-electron chi connectivity index (χ3n) is 5.92. The van der Waals surface area contributed by atoms with Crippen LogP contribution in [0, 0.1) is 23.2 Å². The average Bonchev–Trinajstić information content (AvgIpc) is 2.52. The number of hydrogen-bond donors (Lipinski definition) is 0. The maximum absolute atomic E-state index is 11.3. The van der Waals surface area contributed by atoms with Crippen LogP contribution >= 0.6 is 0 Å². The predicted octanol–water partition coefficient (Wildman–Crippen LogP) is 4.16. The zero-order valence-corrected chi connectivity index (χ0v) is 14.4. The highest BCUT2D eigenvalue weighted by Crippen LogP contribution is 2.56. The molecule has 5 atom stereocenters. The third-order valence-corrected chi connectivity index (χ3v) is 5.92. The molecule has 1 aromatic rings. The van der Waals surface area contributed by atoms with E-state index in [2.05, 4.69) is 51.1 Å². The molecule has 0 spiro atoms. The lowest BCUT2D eigenvalue weighted by Gasteiger charge is -2.55. The first-order valence-electron chi connectivity index (χ1n) is 8.44. The van der Waals surface area contributed by atoms with Crippen molar-refractivity contribution in [1.82, 2.24) is 0 Å². The van der Waals surface area contributed by atoms with E-state index in [0.29, 0.717) is 31.0 Å². The van der Waals surface area contributed by atoms with E-state index in [1.807, 2.05) is 6.07 Å². The molecular weight excluding hydrogens is 288 g/mol. The second-order valence-corrected chi connectivity index (χ2v) is 7.17. The summed E-state index contributed by atoms with van der Waals surface area (Å²) in [6, 6.07) is 10.4. The number of fused-ring (bicyclic) bond motifs is 2. The monoisotopic (exact) mass is 314 g/mol. The van der Waals surface area contributed by atoms with Crippen LogP contribution in [0.15, 0.2) is 42.0 Å². The molecule has 0 amide bonds. The van der Waals surface area contributed by atoms with Crippen molar-refractivity contribution in [2.45, 2.75) is 33.8 Å². The molecular formula is C20H26O3. The van der Waals surface area contributed by atoms with Gasteiger partial charge in [0, 0.05) is 18.3 Å². The zero-order valence-electron chi connectivity index (χ0n) is 14.4. The Morgan fingerprint density at radius 3 is 2.65 bits per heavy atom. The molecule has 1 aliphatic heterocycles. The Kier molecular flexibility index (Phi) is 4.33. The minimum atomic E-state index is -0.216. The molecule has 0 saturated carbocycles. The molecule has 0 radical (unpaired) electrons. The van der Waals surface area contributed by atoms with Gasteiger partial charge in [0.15, 0.2) is 0 Å². The Balaban J connectivity index is 1.95. The van der Waals surface area contributed by atoms with Crippen molar-refractivity contribution < 1.29 is 14.3 Å². The molecule has 124 valence electrons. The molecule has 23 heavy (non-hydrogen) atoms. The molecule has 3 heteroatoms. The summed E-state index contributed by atoms with van der Waals surface area (Å²) >= 11 is 0. The van der Waals surface area contributed by atoms with Gasteiger partial charge in [-0.25, -0.2) is 0 Å². The molecule has 0 unspecified atom stereocenters. The molecule has 1 aliphatic carbocycles. The quantitative estimate of drug-likeness (QED) is 0.621. The third kappa shape index (κ3) is 2.72. The number of hydrogen-bond acceptors (Lipinski definition) is 3. The molecule has 1 saturated heterocycles. The molecule has 2 bridgehead atoms. The number of ether oxygens (including phenoxy) is 2. The van der Waals surface area contributed by atoms with Gasteiger partial charge in [0.25, 0.3) is 0 Å². The van der Waals surface area contributed by atoms with Crippen LogP contribution in [0.1, 0.15) is 39.4 Å². The smallest absolute Gasteiger partial charge is 0.302 e. The van der Waals surface area contributed by atoms with Crippen LogP contribution in [0.4, 0.5) is 0 Å². The normalized spacial score (nSPS) is 36.3. The Morgan fingerprint density at radius 1 is 1.30 bits per heavy atom. The number of rotatable bonds is 3. The van der Waals surface area contributed by atoms with Gasteiger partial charge in [0.2, 0.25) is 0 Å². The van der Waals surface area contributed by atoms with E-state index in [-0.39, 0.29) is 17.5 Å². The van der Waals surface area contributed by atoms with Gasteiger partial charge in [0.05, 0.1) is 19.3 Å². The lowest BCUT2D eigenvalue weighted by atomic mass is 9.56. The first-order chi connectivity index (χ1) is 11.0. The molecule has 1 heterocycles. The minimum Gasteiger partial charge on any atom is -0.465 e. The number of benzene rings is 1. The lowest BCUT2D eigenvalue weighted by Crippen LogP contribution is -2.54. The summed E-state index contributed by atoms with van der Waals surface area (Å²) in [5, 5.41) is 0. The van der Waals surface area contributed by atoms with E-state index in [1.54, 1.807) is 0 Å². The van der Waals surface area contributed by atoms with E-state index < -0.39 is 0 Å². The number of esters is 1. The summed E-state index contributed by atoms with van der Waals surface area (Å²) in [4.78, 5) is 11.3. The highest BCUT2D eigenvalue weighted by atomic mass is 16.5. The second kappa shape index (κ2) is 6.12. The minimum absolute atomic E-state index is 0.0837. The van der Waals surface area contributed by atoms with Crippen molar-refractivity contribution in [2.75, 3.05) is 13.2 Å². The van der Waals surface area contributed by atoms with E-state index in [9.17, 15) is 4.79 Å². The van der Waals surface area contributed by atoms with Gasteiger partial charge in [-0.15, -0.1) is 0 Å². The van der Waals surface area contributed by atoms with Crippen molar-refractivity contribution in [3.63, 3.8) is 0 Å². The zero-order chi connectivity index (χ0) is 16.6. The van der Waals surface area contributed by atoms with Gasteiger partial charge in [0.1, 0.15) is 0 Å². The summed E-state index contributed by atoms with van der Waals surface area (Å²) in [7, 11) is 0. The van der Waals surface area contributed by atoms with Crippen molar-refractivity contribution in [1.29, 1.82) is 0 Å². The first-order valence-corrected chi connectivity index (χ1v) is 8.44. The van der Waals surface area contributed by atoms with Crippen LogP contribution in [0.5, 0.6) is 0 Å². The number of carbonyl (C=O) groups excluding carboxylic acids is 1. The Hall–Kier alpha value is -1.61. The van der Waals surface area contributed by atoms with Crippen molar-refractivity contribution >= 4 is 5.97 Å². The van der Waals surface area contributed by atoms with E-state index in [1.165, 1.54) is 18.1 Å². The van der Waals surface area contributed by atoms with Gasteiger partial charge >= 0.3 is 5.97 Å². The first kappa shape index (κ1) is 16.3. The highest BCUT2D eigenvalue weighted by Gasteiger charge is 2.54. The largest absolute Gasteiger partial charge is 0.465 e. The van der Waals surface area contributed by atoms with Crippen LogP contribution in [-0.4, -0.2) is 19.2 Å². The van der Waals surface area contributed by atoms with Crippen LogP contribution in [0.25, 0.3) is 0 Å². The number of carbonyl (C=O) groups is 1. The van der Waals surface area contributed by atoms with Crippen LogP contribution in [0.2, 0.25) is 0 Å². The van der Waals surface area contributed by atoms with Gasteiger partial charge < -0.3 is 9.47 Å². The fraction of sp³-hybridized carbons (Fsp3) is 0.550. The Labute approximate surface area is 138 Å². The molecule has 3 rings (SSSR count). The standard InChI is InChI=1S/C20H26O3/c1-13-10-14(2)20(11-22-16(4)21)12-23-19(18(13)15(20)3)17-8-6-5-7-9-17/h5-10,14-15,18-19H,11-12H2,1-4H3/t14-,15-,18-,19-,20+/m0/s1. The summed E-state index contributed by atoms with van der Waals surface area (Å²) in [5.41, 5.74) is 2.49. The van der Waals surface area contributed by atoms with E-state index in [0.717, 1.165) is 0 Å². The van der Waals surface area contributed by atoms with E-state index in [4.69, 9.17) is 9.47 Å². The van der Waals surface area contributed by atoms with Gasteiger partial charge in [-0.3, -0.25) is 4.79 Å². The fourth-order valence-corrected chi connectivity index (χ4v) is 4.44. The Bertz CT molecular complexity index is 607. The summed E-state index contributed by atoms with van der Waals surface area (Å²) in [5.74, 6) is 0.857. The molecule has 1 aromatic carbocycles. The summed E-state index contributed by atoms with van der Waals surface area (Å²) in [6.07, 6.45) is 2.44. The molecule has 1 fully saturated rings. The van der Waals surface area contributed by atoms with Crippen LogP contribution in [0.3, 0.4) is 0 Å². The number of allylic oxidation sites excluding steroid dienone is 1. The van der Waals surface area contributed by atoms with Gasteiger partial charge in [-0.05, 0) is 24.3 Å². The summed E-state index contributed by atoms with van der Waals surface area (Å²) < 4.78 is 11.8.